The highest BCUT2D eigenvalue weighted by molar-refractivity contribution is 4.80. The largest absolute Gasteiger partial charge is 0.396 e. The zero-order chi connectivity index (χ0) is 9.73. The van der Waals surface area contributed by atoms with Gasteiger partial charge in [-0.2, -0.15) is 5.10 Å². The first kappa shape index (κ1) is 10.1. The number of hydrogen-bond donors (Lipinski definition) is 3. The molecule has 5 heteroatoms. The molecule has 1 rings (SSSR count). The lowest BCUT2D eigenvalue weighted by Crippen LogP contribution is -2.32. The number of H-pyrrole nitrogens is 1. The maximum absolute atomic E-state index is 8.98. The first-order valence-corrected chi connectivity index (χ1v) is 4.30. The molecule has 0 bridgehead atoms. The van der Waals surface area contributed by atoms with Gasteiger partial charge in [0.25, 0.3) is 0 Å². The number of rotatable bonds is 5. The van der Waals surface area contributed by atoms with Crippen LogP contribution in [0.1, 0.15) is 19.7 Å². The second-order valence-electron chi connectivity index (χ2n) is 3.86. The molecule has 74 valence electrons. The summed E-state index contributed by atoms with van der Waals surface area (Å²) in [6.07, 6.45) is 1.48. The Hall–Kier alpha value is -0.940. The van der Waals surface area contributed by atoms with Crippen LogP contribution in [0.15, 0.2) is 6.33 Å². The van der Waals surface area contributed by atoms with E-state index in [0.29, 0.717) is 6.54 Å². The Morgan fingerprint density at radius 1 is 1.62 bits per heavy atom. The molecule has 5 nitrogen and oxygen atoms in total. The van der Waals surface area contributed by atoms with Gasteiger partial charge in [-0.1, -0.05) is 13.8 Å². The molecule has 0 radical (unpaired) electrons. The maximum Gasteiger partial charge on any atom is 0.138 e. The van der Waals surface area contributed by atoms with Crippen LogP contribution in [0.3, 0.4) is 0 Å². The molecule has 0 amide bonds. The van der Waals surface area contributed by atoms with E-state index in [2.05, 4.69) is 20.5 Å². The van der Waals surface area contributed by atoms with Gasteiger partial charge in [0, 0.05) is 18.6 Å². The lowest BCUT2D eigenvalue weighted by Gasteiger charge is -2.21. The van der Waals surface area contributed by atoms with Gasteiger partial charge in [0.15, 0.2) is 0 Å². The normalized spacial score (nSPS) is 11.9. The summed E-state index contributed by atoms with van der Waals surface area (Å²) < 4.78 is 0. The Balaban J connectivity index is 2.21. The molecule has 0 atom stereocenters. The van der Waals surface area contributed by atoms with Crippen LogP contribution in [-0.4, -0.2) is 33.4 Å². The second-order valence-corrected chi connectivity index (χ2v) is 3.86. The number of aliphatic hydroxyl groups excluding tert-OH is 1. The molecule has 0 unspecified atom stereocenters. The summed E-state index contributed by atoms with van der Waals surface area (Å²) in [7, 11) is 0. The molecule has 3 N–H and O–H groups in total. The molecular weight excluding hydrogens is 168 g/mol. The Bertz CT molecular complexity index is 232. The van der Waals surface area contributed by atoms with Gasteiger partial charge in [0.05, 0.1) is 6.54 Å². The summed E-state index contributed by atoms with van der Waals surface area (Å²) >= 11 is 0. The van der Waals surface area contributed by atoms with Gasteiger partial charge in [0.2, 0.25) is 0 Å². The SMILES string of the molecule is CC(C)(CO)CNCc1ncn[nH]1. The molecule has 0 spiro atoms. The van der Waals surface area contributed by atoms with Crippen molar-refractivity contribution in [2.75, 3.05) is 13.2 Å². The van der Waals surface area contributed by atoms with Crippen LogP contribution in [0.5, 0.6) is 0 Å². The molecule has 0 aliphatic heterocycles. The number of aliphatic hydroxyl groups is 1. The molecule has 0 fully saturated rings. The lowest BCUT2D eigenvalue weighted by atomic mass is 9.95. The minimum Gasteiger partial charge on any atom is -0.396 e. The summed E-state index contributed by atoms with van der Waals surface area (Å²) in [4.78, 5) is 3.97. The summed E-state index contributed by atoms with van der Waals surface area (Å²) in [5, 5.41) is 18.6. The molecule has 0 aliphatic rings. The summed E-state index contributed by atoms with van der Waals surface area (Å²) in [5.74, 6) is 0.814. The number of nitrogens with zero attached hydrogens (tertiary/aromatic N) is 2. The maximum atomic E-state index is 8.98. The highest BCUT2D eigenvalue weighted by atomic mass is 16.3. The number of aromatic nitrogens is 3. The van der Waals surface area contributed by atoms with Crippen LogP contribution in [0.25, 0.3) is 0 Å². The van der Waals surface area contributed by atoms with E-state index >= 15 is 0 Å². The average Bonchev–Trinajstić information content (AvgIpc) is 2.57. The molecular formula is C8H16N4O. The third-order valence-electron chi connectivity index (χ3n) is 1.79. The topological polar surface area (TPSA) is 73.8 Å². The fourth-order valence-corrected chi connectivity index (χ4v) is 0.891. The van der Waals surface area contributed by atoms with Crippen molar-refractivity contribution in [3.05, 3.63) is 12.2 Å². The van der Waals surface area contributed by atoms with E-state index in [-0.39, 0.29) is 12.0 Å². The Labute approximate surface area is 77.6 Å². The molecule has 0 aliphatic carbocycles. The van der Waals surface area contributed by atoms with Crippen LogP contribution in [-0.2, 0) is 6.54 Å². The van der Waals surface area contributed by atoms with Crippen molar-refractivity contribution in [3.63, 3.8) is 0 Å². The van der Waals surface area contributed by atoms with E-state index < -0.39 is 0 Å². The van der Waals surface area contributed by atoms with Crippen molar-refractivity contribution in [2.45, 2.75) is 20.4 Å². The highest BCUT2D eigenvalue weighted by Gasteiger charge is 2.15. The van der Waals surface area contributed by atoms with E-state index in [0.717, 1.165) is 12.4 Å². The first-order chi connectivity index (χ1) is 6.14. The quantitative estimate of drug-likeness (QED) is 0.598. The van der Waals surface area contributed by atoms with E-state index in [1.165, 1.54) is 6.33 Å². The number of hydrogen-bond acceptors (Lipinski definition) is 4. The average molecular weight is 184 g/mol. The number of nitrogens with one attached hydrogen (secondary N) is 2. The van der Waals surface area contributed by atoms with Crippen LogP contribution in [0.4, 0.5) is 0 Å². The van der Waals surface area contributed by atoms with E-state index in [1.54, 1.807) is 0 Å². The smallest absolute Gasteiger partial charge is 0.138 e. The third kappa shape index (κ3) is 3.52. The fourth-order valence-electron chi connectivity index (χ4n) is 0.891. The predicted octanol–water partition coefficient (Wildman–Crippen LogP) is -0.0872. The molecule has 0 saturated carbocycles. The highest BCUT2D eigenvalue weighted by Crippen LogP contribution is 2.11. The van der Waals surface area contributed by atoms with Crippen molar-refractivity contribution in [1.29, 1.82) is 0 Å². The van der Waals surface area contributed by atoms with Gasteiger partial charge in [-0.25, -0.2) is 4.98 Å². The van der Waals surface area contributed by atoms with E-state index in [4.69, 9.17) is 5.11 Å². The molecule has 1 aromatic rings. The summed E-state index contributed by atoms with van der Waals surface area (Å²) in [5.41, 5.74) is -0.0833. The van der Waals surface area contributed by atoms with Crippen LogP contribution in [0, 0.1) is 5.41 Å². The van der Waals surface area contributed by atoms with Crippen molar-refractivity contribution < 1.29 is 5.11 Å². The molecule has 1 aromatic heterocycles. The second kappa shape index (κ2) is 4.34. The van der Waals surface area contributed by atoms with Crippen LogP contribution < -0.4 is 5.32 Å². The Morgan fingerprint density at radius 2 is 2.38 bits per heavy atom. The van der Waals surface area contributed by atoms with Crippen molar-refractivity contribution in [2.24, 2.45) is 5.41 Å². The molecule has 0 saturated heterocycles. The predicted molar refractivity (Wildman–Crippen MR) is 49.0 cm³/mol. The molecule has 1 heterocycles. The van der Waals surface area contributed by atoms with Gasteiger partial charge >= 0.3 is 0 Å². The monoisotopic (exact) mass is 184 g/mol. The minimum absolute atomic E-state index is 0.0833. The van der Waals surface area contributed by atoms with Crippen LogP contribution >= 0.6 is 0 Å². The van der Waals surface area contributed by atoms with E-state index in [9.17, 15) is 0 Å². The zero-order valence-electron chi connectivity index (χ0n) is 8.04. The van der Waals surface area contributed by atoms with Crippen molar-refractivity contribution in [1.82, 2.24) is 20.5 Å². The van der Waals surface area contributed by atoms with Crippen LogP contribution in [0.2, 0.25) is 0 Å². The lowest BCUT2D eigenvalue weighted by molar-refractivity contribution is 0.156. The van der Waals surface area contributed by atoms with Gasteiger partial charge in [-0.05, 0) is 0 Å². The van der Waals surface area contributed by atoms with Gasteiger partial charge in [0.1, 0.15) is 12.2 Å². The third-order valence-corrected chi connectivity index (χ3v) is 1.79. The summed E-state index contributed by atoms with van der Waals surface area (Å²) in [6.45, 7) is 5.59. The standard InChI is InChI=1S/C8H16N4O/c1-8(2,5-13)4-9-3-7-10-6-11-12-7/h6,9,13H,3-5H2,1-2H3,(H,10,11,12). The zero-order valence-corrected chi connectivity index (χ0v) is 8.04. The van der Waals surface area contributed by atoms with Gasteiger partial charge < -0.3 is 10.4 Å². The Morgan fingerprint density at radius 3 is 2.92 bits per heavy atom. The van der Waals surface area contributed by atoms with Gasteiger partial charge in [-0.3, -0.25) is 5.10 Å². The Kier molecular flexibility index (Phi) is 3.39. The molecule has 0 aromatic carbocycles. The first-order valence-electron chi connectivity index (χ1n) is 4.30. The van der Waals surface area contributed by atoms with Crippen molar-refractivity contribution >= 4 is 0 Å². The minimum atomic E-state index is -0.0833. The number of aromatic amines is 1. The molecule has 13 heavy (non-hydrogen) atoms. The fraction of sp³-hybridized carbons (Fsp3) is 0.750. The van der Waals surface area contributed by atoms with E-state index in [1.807, 2.05) is 13.8 Å². The van der Waals surface area contributed by atoms with Gasteiger partial charge in [-0.15, -0.1) is 0 Å². The summed E-state index contributed by atoms with van der Waals surface area (Å²) in [6, 6.07) is 0. The van der Waals surface area contributed by atoms with Crippen molar-refractivity contribution in [3.8, 4) is 0 Å².